The fourth-order valence-corrected chi connectivity index (χ4v) is 3.47. The van der Waals surface area contributed by atoms with Crippen molar-refractivity contribution in [3.63, 3.8) is 0 Å². The zero-order chi connectivity index (χ0) is 14.8. The van der Waals surface area contributed by atoms with Gasteiger partial charge in [-0.15, -0.1) is 0 Å². The van der Waals surface area contributed by atoms with E-state index in [0.29, 0.717) is 18.2 Å². The number of aromatic nitrogens is 1. The maximum atomic E-state index is 6.28. The molecule has 1 aromatic rings. The van der Waals surface area contributed by atoms with Gasteiger partial charge in [0, 0.05) is 50.5 Å². The van der Waals surface area contributed by atoms with Crippen LogP contribution in [0.4, 0.5) is 0 Å². The zero-order valence-electron chi connectivity index (χ0n) is 13.4. The molecular weight excluding hydrogens is 262 g/mol. The van der Waals surface area contributed by atoms with E-state index in [1.165, 1.54) is 18.5 Å². The van der Waals surface area contributed by atoms with E-state index in [4.69, 9.17) is 4.74 Å². The van der Waals surface area contributed by atoms with Gasteiger partial charge in [0.2, 0.25) is 0 Å². The Bertz CT molecular complexity index is 437. The van der Waals surface area contributed by atoms with Crippen molar-refractivity contribution in [2.45, 2.75) is 45.1 Å². The van der Waals surface area contributed by atoms with E-state index >= 15 is 0 Å². The third-order valence-corrected chi connectivity index (χ3v) is 4.92. The molecule has 1 aromatic heterocycles. The number of hydrogen-bond acceptors (Lipinski definition) is 4. The smallest absolute Gasteiger partial charge is 0.0747 e. The van der Waals surface area contributed by atoms with Crippen molar-refractivity contribution < 1.29 is 4.74 Å². The van der Waals surface area contributed by atoms with Crippen molar-refractivity contribution in [1.82, 2.24) is 14.8 Å². The number of nitrogens with zero attached hydrogens (tertiary/aromatic N) is 3. The average Bonchev–Trinajstić information content (AvgIpc) is 2.97. The molecule has 3 rings (SSSR count). The van der Waals surface area contributed by atoms with E-state index < -0.39 is 0 Å². The van der Waals surface area contributed by atoms with Crippen LogP contribution in [0, 0.1) is 5.92 Å². The van der Waals surface area contributed by atoms with Crippen molar-refractivity contribution in [3.05, 3.63) is 30.1 Å². The highest BCUT2D eigenvalue weighted by molar-refractivity contribution is 5.10. The summed E-state index contributed by atoms with van der Waals surface area (Å²) in [7, 11) is 2.19. The summed E-state index contributed by atoms with van der Waals surface area (Å²) in [5, 5.41) is 0. The van der Waals surface area contributed by atoms with Gasteiger partial charge in [0.1, 0.15) is 0 Å². The molecule has 0 unspecified atom stereocenters. The Kier molecular flexibility index (Phi) is 4.57. The summed E-state index contributed by atoms with van der Waals surface area (Å²) in [6, 6.07) is 4.81. The summed E-state index contributed by atoms with van der Waals surface area (Å²) in [4.78, 5) is 8.99. The molecule has 2 aliphatic rings. The summed E-state index contributed by atoms with van der Waals surface area (Å²) in [6.45, 7) is 8.83. The number of fused-ring (bicyclic) bond motifs is 1. The third kappa shape index (κ3) is 3.62. The third-order valence-electron chi connectivity index (χ3n) is 4.92. The molecule has 21 heavy (non-hydrogen) atoms. The van der Waals surface area contributed by atoms with E-state index in [0.717, 1.165) is 25.6 Å². The van der Waals surface area contributed by atoms with Gasteiger partial charge in [0.15, 0.2) is 0 Å². The Labute approximate surface area is 128 Å². The zero-order valence-corrected chi connectivity index (χ0v) is 13.4. The SMILES string of the molecule is CC(C)N(C)C[C@@H]1C[C@H]2CN(Cc3ccncc3)C[C@H]2O1. The van der Waals surface area contributed by atoms with Gasteiger partial charge >= 0.3 is 0 Å². The maximum Gasteiger partial charge on any atom is 0.0747 e. The van der Waals surface area contributed by atoms with E-state index in [1.54, 1.807) is 0 Å². The van der Waals surface area contributed by atoms with Crippen LogP contribution in [0.1, 0.15) is 25.8 Å². The van der Waals surface area contributed by atoms with Gasteiger partial charge in [-0.25, -0.2) is 0 Å². The molecule has 4 nitrogen and oxygen atoms in total. The molecule has 2 aliphatic heterocycles. The second-order valence-electron chi connectivity index (χ2n) is 6.88. The summed E-state index contributed by atoms with van der Waals surface area (Å²) >= 11 is 0. The van der Waals surface area contributed by atoms with Gasteiger partial charge in [0.25, 0.3) is 0 Å². The lowest BCUT2D eigenvalue weighted by Crippen LogP contribution is -2.35. The molecule has 2 fully saturated rings. The van der Waals surface area contributed by atoms with Crippen LogP contribution in [-0.4, -0.2) is 59.7 Å². The fraction of sp³-hybridized carbons (Fsp3) is 0.706. The van der Waals surface area contributed by atoms with E-state index in [2.05, 4.69) is 47.8 Å². The van der Waals surface area contributed by atoms with Gasteiger partial charge in [-0.2, -0.15) is 0 Å². The largest absolute Gasteiger partial charge is 0.372 e. The predicted octanol–water partition coefficient (Wildman–Crippen LogP) is 2.01. The highest BCUT2D eigenvalue weighted by Crippen LogP contribution is 2.33. The average molecular weight is 289 g/mol. The van der Waals surface area contributed by atoms with E-state index in [-0.39, 0.29) is 0 Å². The van der Waals surface area contributed by atoms with E-state index in [9.17, 15) is 0 Å². The minimum atomic E-state index is 0.426. The molecule has 0 spiro atoms. The summed E-state index contributed by atoms with van der Waals surface area (Å²) in [5.74, 6) is 0.720. The Balaban J connectivity index is 1.48. The van der Waals surface area contributed by atoms with Crippen LogP contribution in [-0.2, 0) is 11.3 Å². The Hall–Kier alpha value is -0.970. The van der Waals surface area contributed by atoms with Crippen molar-refractivity contribution in [3.8, 4) is 0 Å². The van der Waals surface area contributed by atoms with Crippen LogP contribution >= 0.6 is 0 Å². The maximum absolute atomic E-state index is 6.28. The van der Waals surface area contributed by atoms with Crippen LogP contribution in [0.2, 0.25) is 0 Å². The Morgan fingerprint density at radius 2 is 2.10 bits per heavy atom. The van der Waals surface area contributed by atoms with Gasteiger partial charge in [-0.05, 0) is 45.0 Å². The first-order chi connectivity index (χ1) is 10.1. The summed E-state index contributed by atoms with van der Waals surface area (Å²) in [6.07, 6.45) is 5.84. The van der Waals surface area contributed by atoms with Crippen molar-refractivity contribution in [2.24, 2.45) is 5.92 Å². The minimum absolute atomic E-state index is 0.426. The number of rotatable bonds is 5. The van der Waals surface area contributed by atoms with Gasteiger partial charge in [0.05, 0.1) is 12.2 Å². The number of likely N-dealkylation sites (tertiary alicyclic amines) is 1. The number of likely N-dealkylation sites (N-methyl/N-ethyl adjacent to an activating group) is 1. The second kappa shape index (κ2) is 6.42. The van der Waals surface area contributed by atoms with Gasteiger partial charge in [-0.3, -0.25) is 9.88 Å². The topological polar surface area (TPSA) is 28.6 Å². The first-order valence-electron chi connectivity index (χ1n) is 8.08. The number of hydrogen-bond donors (Lipinski definition) is 0. The van der Waals surface area contributed by atoms with Crippen molar-refractivity contribution >= 4 is 0 Å². The van der Waals surface area contributed by atoms with Crippen LogP contribution in [0.3, 0.4) is 0 Å². The molecular formula is C17H27N3O. The molecule has 3 atom stereocenters. The quantitative estimate of drug-likeness (QED) is 0.829. The lowest BCUT2D eigenvalue weighted by Gasteiger charge is -2.25. The number of ether oxygens (including phenoxy) is 1. The molecule has 116 valence electrons. The Morgan fingerprint density at radius 3 is 2.76 bits per heavy atom. The standard InChI is InChI=1S/C17H27N3O/c1-13(2)19(3)11-16-8-15-10-20(12-17(15)21-16)9-14-4-6-18-7-5-14/h4-7,13,15-17H,8-12H2,1-3H3/t15-,16-,17+/m0/s1. The first-order valence-corrected chi connectivity index (χ1v) is 8.08. The summed E-state index contributed by atoms with van der Waals surface area (Å²) < 4.78 is 6.28. The van der Waals surface area contributed by atoms with Crippen LogP contribution in [0.15, 0.2) is 24.5 Å². The molecule has 0 N–H and O–H groups in total. The second-order valence-corrected chi connectivity index (χ2v) is 6.88. The van der Waals surface area contributed by atoms with Crippen molar-refractivity contribution in [2.75, 3.05) is 26.7 Å². The highest BCUT2D eigenvalue weighted by atomic mass is 16.5. The fourth-order valence-electron chi connectivity index (χ4n) is 3.47. The lowest BCUT2D eigenvalue weighted by atomic mass is 10.0. The summed E-state index contributed by atoms with van der Waals surface area (Å²) in [5.41, 5.74) is 1.35. The molecule has 3 heterocycles. The number of pyridine rings is 1. The Morgan fingerprint density at radius 1 is 1.33 bits per heavy atom. The monoisotopic (exact) mass is 289 g/mol. The van der Waals surface area contributed by atoms with Crippen LogP contribution in [0.25, 0.3) is 0 Å². The molecule has 0 bridgehead atoms. The molecule has 0 saturated carbocycles. The minimum Gasteiger partial charge on any atom is -0.372 e. The normalized spacial score (nSPS) is 29.5. The van der Waals surface area contributed by atoms with Gasteiger partial charge in [-0.1, -0.05) is 0 Å². The molecule has 0 aromatic carbocycles. The van der Waals surface area contributed by atoms with Crippen LogP contribution in [0.5, 0.6) is 0 Å². The van der Waals surface area contributed by atoms with Crippen LogP contribution < -0.4 is 0 Å². The highest BCUT2D eigenvalue weighted by Gasteiger charge is 2.41. The molecule has 2 saturated heterocycles. The van der Waals surface area contributed by atoms with Gasteiger partial charge < -0.3 is 9.64 Å². The lowest BCUT2D eigenvalue weighted by molar-refractivity contribution is 0.0171. The predicted molar refractivity (Wildman–Crippen MR) is 84.0 cm³/mol. The molecule has 0 radical (unpaired) electrons. The first kappa shape index (κ1) is 14.9. The van der Waals surface area contributed by atoms with Crippen molar-refractivity contribution in [1.29, 1.82) is 0 Å². The molecule has 0 amide bonds. The van der Waals surface area contributed by atoms with E-state index in [1.807, 2.05) is 12.4 Å². The molecule has 0 aliphatic carbocycles. The molecule has 4 heteroatoms.